The minimum atomic E-state index is -0.425. The highest BCUT2D eigenvalue weighted by Crippen LogP contribution is 2.18. The van der Waals surface area contributed by atoms with Crippen LogP contribution in [0.1, 0.15) is 11.1 Å². The fraction of sp³-hybridized carbons (Fsp3) is 0.0556. The molecule has 1 amide bonds. The number of nitriles is 1. The molecule has 2 N–H and O–H groups in total. The van der Waals surface area contributed by atoms with Crippen LogP contribution >= 0.6 is 11.6 Å². The number of fused-ring (bicyclic) bond motifs is 1. The molecule has 0 saturated carbocycles. The number of pyridine rings is 1. The van der Waals surface area contributed by atoms with Crippen molar-refractivity contribution in [1.29, 1.82) is 5.26 Å². The first kappa shape index (κ1) is 15.8. The maximum Gasteiger partial charge on any atom is 0.262 e. The van der Waals surface area contributed by atoms with Crippen molar-refractivity contribution in [3.05, 3.63) is 70.5 Å². The van der Waals surface area contributed by atoms with Gasteiger partial charge in [0.05, 0.1) is 0 Å². The van der Waals surface area contributed by atoms with Crippen LogP contribution in [-0.4, -0.2) is 15.9 Å². The Morgan fingerprint density at radius 2 is 2.12 bits per heavy atom. The van der Waals surface area contributed by atoms with Crippen LogP contribution < -0.4 is 5.32 Å². The van der Waals surface area contributed by atoms with E-state index >= 15 is 0 Å². The number of halogens is 1. The van der Waals surface area contributed by atoms with Gasteiger partial charge < -0.3 is 10.3 Å². The minimum absolute atomic E-state index is 0.0358. The molecular weight excluding hydrogens is 324 g/mol. The van der Waals surface area contributed by atoms with Gasteiger partial charge in [0, 0.05) is 34.9 Å². The van der Waals surface area contributed by atoms with Gasteiger partial charge in [-0.3, -0.25) is 4.79 Å². The van der Waals surface area contributed by atoms with Gasteiger partial charge in [-0.1, -0.05) is 23.7 Å². The van der Waals surface area contributed by atoms with Crippen molar-refractivity contribution < 1.29 is 4.79 Å². The SMILES string of the molecule is N#C/C(=C\c1c[nH]c2ncccc12)C(=O)NCc1ccc(Cl)cc1. The molecule has 0 spiro atoms. The lowest BCUT2D eigenvalue weighted by molar-refractivity contribution is -0.117. The fourth-order valence-corrected chi connectivity index (χ4v) is 2.41. The topological polar surface area (TPSA) is 81.6 Å². The Labute approximate surface area is 143 Å². The number of amides is 1. The van der Waals surface area contributed by atoms with Crippen molar-refractivity contribution in [2.24, 2.45) is 0 Å². The Kier molecular flexibility index (Phi) is 4.59. The van der Waals surface area contributed by atoms with Gasteiger partial charge in [-0.05, 0) is 35.9 Å². The third-order valence-electron chi connectivity index (χ3n) is 3.51. The molecule has 0 bridgehead atoms. The van der Waals surface area contributed by atoms with E-state index in [1.807, 2.05) is 24.3 Å². The van der Waals surface area contributed by atoms with E-state index in [0.717, 1.165) is 16.5 Å². The second-order valence-corrected chi connectivity index (χ2v) is 5.56. The molecule has 0 unspecified atom stereocenters. The van der Waals surface area contributed by atoms with Gasteiger partial charge in [0.15, 0.2) is 0 Å². The van der Waals surface area contributed by atoms with E-state index < -0.39 is 5.91 Å². The molecule has 118 valence electrons. The molecule has 0 saturated heterocycles. The number of carbonyl (C=O) groups excluding carboxylic acids is 1. The zero-order chi connectivity index (χ0) is 16.9. The zero-order valence-corrected chi connectivity index (χ0v) is 13.3. The maximum absolute atomic E-state index is 12.2. The summed E-state index contributed by atoms with van der Waals surface area (Å²) in [5.74, 6) is -0.425. The molecule has 24 heavy (non-hydrogen) atoms. The van der Waals surface area contributed by atoms with Crippen LogP contribution in [-0.2, 0) is 11.3 Å². The number of aromatic nitrogens is 2. The Morgan fingerprint density at radius 3 is 2.88 bits per heavy atom. The first-order valence-electron chi connectivity index (χ1n) is 7.24. The number of hydrogen-bond acceptors (Lipinski definition) is 3. The third-order valence-corrected chi connectivity index (χ3v) is 3.77. The molecule has 3 aromatic rings. The van der Waals surface area contributed by atoms with Crippen LogP contribution in [0, 0.1) is 11.3 Å². The van der Waals surface area contributed by atoms with E-state index in [1.54, 1.807) is 36.7 Å². The number of nitrogens with one attached hydrogen (secondary N) is 2. The van der Waals surface area contributed by atoms with Crippen molar-refractivity contribution >= 4 is 34.6 Å². The summed E-state index contributed by atoms with van der Waals surface area (Å²) in [6.45, 7) is 0.324. The molecule has 1 aromatic carbocycles. The van der Waals surface area contributed by atoms with E-state index in [-0.39, 0.29) is 5.57 Å². The number of carbonyl (C=O) groups is 1. The molecule has 6 heteroatoms. The largest absolute Gasteiger partial charge is 0.347 e. The van der Waals surface area contributed by atoms with Crippen LogP contribution in [0.5, 0.6) is 0 Å². The molecule has 5 nitrogen and oxygen atoms in total. The van der Waals surface area contributed by atoms with Crippen LogP contribution in [0.3, 0.4) is 0 Å². The summed E-state index contributed by atoms with van der Waals surface area (Å²) >= 11 is 5.83. The Morgan fingerprint density at radius 1 is 1.33 bits per heavy atom. The van der Waals surface area contributed by atoms with Crippen molar-refractivity contribution in [2.45, 2.75) is 6.54 Å². The molecule has 0 fully saturated rings. The summed E-state index contributed by atoms with van der Waals surface area (Å²) in [5.41, 5.74) is 2.40. The highest BCUT2D eigenvalue weighted by molar-refractivity contribution is 6.30. The first-order chi connectivity index (χ1) is 11.7. The van der Waals surface area contributed by atoms with Gasteiger partial charge in [0.25, 0.3) is 5.91 Å². The summed E-state index contributed by atoms with van der Waals surface area (Å²) in [6, 6.07) is 12.8. The predicted molar refractivity (Wildman–Crippen MR) is 93.0 cm³/mol. The lowest BCUT2D eigenvalue weighted by Gasteiger charge is -2.04. The summed E-state index contributed by atoms with van der Waals surface area (Å²) in [6.07, 6.45) is 4.95. The lowest BCUT2D eigenvalue weighted by Crippen LogP contribution is -2.23. The smallest absolute Gasteiger partial charge is 0.262 e. The number of H-pyrrole nitrogens is 1. The van der Waals surface area contributed by atoms with Crippen molar-refractivity contribution in [2.75, 3.05) is 0 Å². The molecule has 3 rings (SSSR count). The molecule has 0 atom stereocenters. The van der Waals surface area contributed by atoms with Gasteiger partial charge in [-0.2, -0.15) is 5.26 Å². The van der Waals surface area contributed by atoms with Gasteiger partial charge in [0.2, 0.25) is 0 Å². The van der Waals surface area contributed by atoms with Gasteiger partial charge in [-0.15, -0.1) is 0 Å². The van der Waals surface area contributed by atoms with E-state index in [2.05, 4.69) is 15.3 Å². The molecule has 0 radical (unpaired) electrons. The average Bonchev–Trinajstić information content (AvgIpc) is 3.02. The van der Waals surface area contributed by atoms with Gasteiger partial charge in [0.1, 0.15) is 17.3 Å². The Balaban J connectivity index is 1.76. The average molecular weight is 337 g/mol. The monoisotopic (exact) mass is 336 g/mol. The Bertz CT molecular complexity index is 951. The second-order valence-electron chi connectivity index (χ2n) is 5.12. The first-order valence-corrected chi connectivity index (χ1v) is 7.61. The standard InChI is InChI=1S/C18H13ClN4O/c19-15-5-3-12(4-6-15)10-23-18(24)13(9-20)8-14-11-22-17-16(14)2-1-7-21-17/h1-8,11H,10H2,(H,21,22)(H,23,24)/b13-8+. The number of hydrogen-bond donors (Lipinski definition) is 2. The molecule has 2 aromatic heterocycles. The molecule has 0 aliphatic carbocycles. The zero-order valence-electron chi connectivity index (χ0n) is 12.6. The van der Waals surface area contributed by atoms with E-state index in [4.69, 9.17) is 11.6 Å². The van der Waals surface area contributed by atoms with Crippen molar-refractivity contribution in [1.82, 2.24) is 15.3 Å². The highest BCUT2D eigenvalue weighted by Gasteiger charge is 2.10. The molecular formula is C18H13ClN4O. The number of benzene rings is 1. The summed E-state index contributed by atoms with van der Waals surface area (Å²) in [5, 5.41) is 13.5. The van der Waals surface area contributed by atoms with Gasteiger partial charge >= 0.3 is 0 Å². The lowest BCUT2D eigenvalue weighted by atomic mass is 10.1. The number of aromatic amines is 1. The van der Waals surface area contributed by atoms with E-state index in [9.17, 15) is 10.1 Å². The Hall–Kier alpha value is -3.10. The molecule has 0 aliphatic rings. The van der Waals surface area contributed by atoms with Crippen molar-refractivity contribution in [3.63, 3.8) is 0 Å². The fourth-order valence-electron chi connectivity index (χ4n) is 2.28. The third kappa shape index (κ3) is 3.45. The van der Waals surface area contributed by atoms with Crippen LogP contribution in [0.25, 0.3) is 17.1 Å². The minimum Gasteiger partial charge on any atom is -0.347 e. The predicted octanol–water partition coefficient (Wildman–Crippen LogP) is 3.44. The normalized spacial score (nSPS) is 11.2. The quantitative estimate of drug-likeness (QED) is 0.565. The summed E-state index contributed by atoms with van der Waals surface area (Å²) in [4.78, 5) is 19.4. The van der Waals surface area contributed by atoms with Gasteiger partial charge in [-0.25, -0.2) is 4.98 Å². The summed E-state index contributed by atoms with van der Waals surface area (Å²) in [7, 11) is 0. The van der Waals surface area contributed by atoms with Crippen molar-refractivity contribution in [3.8, 4) is 6.07 Å². The van der Waals surface area contributed by atoms with E-state index in [1.165, 1.54) is 0 Å². The van der Waals surface area contributed by atoms with Crippen LogP contribution in [0.15, 0.2) is 54.4 Å². The van der Waals surface area contributed by atoms with E-state index in [0.29, 0.717) is 17.2 Å². The maximum atomic E-state index is 12.2. The van der Waals surface area contributed by atoms with Crippen LogP contribution in [0.4, 0.5) is 0 Å². The second kappa shape index (κ2) is 6.99. The number of rotatable bonds is 4. The summed E-state index contributed by atoms with van der Waals surface area (Å²) < 4.78 is 0. The van der Waals surface area contributed by atoms with Crippen LogP contribution in [0.2, 0.25) is 5.02 Å². The molecule has 2 heterocycles. The molecule has 0 aliphatic heterocycles. The highest BCUT2D eigenvalue weighted by atomic mass is 35.5. The number of nitrogens with zero attached hydrogens (tertiary/aromatic N) is 2.